The lowest BCUT2D eigenvalue weighted by atomic mass is 9.94. The Morgan fingerprint density at radius 2 is 2.05 bits per heavy atom. The zero-order chi connectivity index (χ0) is 14.0. The van der Waals surface area contributed by atoms with Crippen molar-refractivity contribution < 1.29 is 9.53 Å². The summed E-state index contributed by atoms with van der Waals surface area (Å²) in [4.78, 5) is 16.6. The van der Waals surface area contributed by atoms with Gasteiger partial charge in [-0.25, -0.2) is 0 Å². The van der Waals surface area contributed by atoms with Crippen LogP contribution in [0, 0.1) is 0 Å². The molecule has 102 valence electrons. The summed E-state index contributed by atoms with van der Waals surface area (Å²) in [5.41, 5.74) is 1.23. The maximum absolute atomic E-state index is 12.6. The van der Waals surface area contributed by atoms with E-state index in [1.807, 2.05) is 30.3 Å². The maximum atomic E-state index is 12.6. The molecule has 1 aromatic carbocycles. The smallest absolute Gasteiger partial charge is 0.235 e. The van der Waals surface area contributed by atoms with Crippen LogP contribution in [0.1, 0.15) is 18.4 Å². The van der Waals surface area contributed by atoms with Crippen molar-refractivity contribution >= 4 is 11.6 Å². The van der Waals surface area contributed by atoms with Gasteiger partial charge in [0.1, 0.15) is 5.75 Å². The molecule has 0 saturated heterocycles. The molecule has 1 aliphatic rings. The third kappa shape index (κ3) is 2.13. The predicted molar refractivity (Wildman–Crippen MR) is 76.8 cm³/mol. The number of hydrogen-bond donors (Lipinski definition) is 1. The minimum absolute atomic E-state index is 0.00926. The topological polar surface area (TPSA) is 51.2 Å². The van der Waals surface area contributed by atoms with Crippen molar-refractivity contribution in [2.75, 3.05) is 12.4 Å². The Morgan fingerprint density at radius 3 is 2.70 bits per heavy atom. The summed E-state index contributed by atoms with van der Waals surface area (Å²) in [5, 5.41) is 2.94. The van der Waals surface area contributed by atoms with Gasteiger partial charge in [-0.05, 0) is 31.0 Å². The van der Waals surface area contributed by atoms with Gasteiger partial charge in [-0.1, -0.05) is 18.2 Å². The number of benzene rings is 1. The molecule has 1 N–H and O–H groups in total. The SMILES string of the molecule is COc1ccccc1C1(C(=O)Nc2cccnc2)CC1. The normalized spacial score (nSPS) is 15.4. The average Bonchev–Trinajstić information content (AvgIpc) is 3.30. The zero-order valence-corrected chi connectivity index (χ0v) is 11.3. The number of rotatable bonds is 4. The summed E-state index contributed by atoms with van der Waals surface area (Å²) < 4.78 is 5.38. The Labute approximate surface area is 117 Å². The van der Waals surface area contributed by atoms with Gasteiger partial charge in [-0.15, -0.1) is 0 Å². The molecule has 0 atom stereocenters. The van der Waals surface area contributed by atoms with Gasteiger partial charge in [-0.2, -0.15) is 0 Å². The number of methoxy groups -OCH3 is 1. The van der Waals surface area contributed by atoms with Gasteiger partial charge in [-0.3, -0.25) is 9.78 Å². The van der Waals surface area contributed by atoms with Crippen LogP contribution in [-0.4, -0.2) is 18.0 Å². The summed E-state index contributed by atoms with van der Waals surface area (Å²) in [6.45, 7) is 0. The number of hydrogen-bond acceptors (Lipinski definition) is 3. The monoisotopic (exact) mass is 268 g/mol. The Morgan fingerprint density at radius 1 is 1.25 bits per heavy atom. The van der Waals surface area contributed by atoms with E-state index in [1.54, 1.807) is 25.6 Å². The standard InChI is InChI=1S/C16H16N2O2/c1-20-14-7-3-2-6-13(14)16(8-9-16)15(19)18-12-5-4-10-17-11-12/h2-7,10-11H,8-9H2,1H3,(H,18,19). The Kier molecular flexibility index (Phi) is 3.14. The third-order valence-electron chi connectivity index (χ3n) is 3.73. The van der Waals surface area contributed by atoms with Crippen LogP contribution in [0.25, 0.3) is 0 Å². The molecule has 1 aliphatic carbocycles. The molecule has 1 aromatic heterocycles. The number of carbonyl (C=O) groups is 1. The van der Waals surface area contributed by atoms with Crippen molar-refractivity contribution in [1.29, 1.82) is 0 Å². The highest BCUT2D eigenvalue weighted by Crippen LogP contribution is 2.51. The van der Waals surface area contributed by atoms with E-state index in [4.69, 9.17) is 4.74 Å². The van der Waals surface area contributed by atoms with E-state index in [1.165, 1.54) is 0 Å². The molecule has 1 saturated carbocycles. The first-order valence-corrected chi connectivity index (χ1v) is 6.61. The number of nitrogens with zero attached hydrogens (tertiary/aromatic N) is 1. The minimum atomic E-state index is -0.456. The van der Waals surface area contributed by atoms with E-state index in [0.29, 0.717) is 0 Å². The van der Waals surface area contributed by atoms with Crippen LogP contribution in [0.3, 0.4) is 0 Å². The molecule has 2 aromatic rings. The second-order valence-electron chi connectivity index (χ2n) is 4.98. The summed E-state index contributed by atoms with van der Waals surface area (Å²) in [6.07, 6.45) is 5.03. The van der Waals surface area contributed by atoms with Gasteiger partial charge in [0.2, 0.25) is 5.91 Å². The molecule has 0 unspecified atom stereocenters. The summed E-state index contributed by atoms with van der Waals surface area (Å²) >= 11 is 0. The Bertz CT molecular complexity index is 621. The predicted octanol–water partition coefficient (Wildman–Crippen LogP) is 2.76. The van der Waals surface area contributed by atoms with Gasteiger partial charge in [0.15, 0.2) is 0 Å². The molecule has 1 amide bonds. The minimum Gasteiger partial charge on any atom is -0.496 e. The lowest BCUT2D eigenvalue weighted by Gasteiger charge is -2.18. The van der Waals surface area contributed by atoms with Crippen molar-refractivity contribution in [3.05, 3.63) is 54.4 Å². The first-order valence-electron chi connectivity index (χ1n) is 6.61. The number of para-hydroxylation sites is 1. The highest BCUT2D eigenvalue weighted by atomic mass is 16.5. The molecule has 0 spiro atoms. The van der Waals surface area contributed by atoms with Gasteiger partial charge < -0.3 is 10.1 Å². The van der Waals surface area contributed by atoms with Crippen LogP contribution >= 0.6 is 0 Å². The second kappa shape index (κ2) is 4.96. The van der Waals surface area contributed by atoms with Gasteiger partial charge in [0, 0.05) is 11.8 Å². The van der Waals surface area contributed by atoms with Crippen LogP contribution < -0.4 is 10.1 Å². The number of pyridine rings is 1. The van der Waals surface area contributed by atoms with E-state index in [0.717, 1.165) is 29.8 Å². The van der Waals surface area contributed by atoms with Crippen molar-refractivity contribution in [2.45, 2.75) is 18.3 Å². The lowest BCUT2D eigenvalue weighted by Crippen LogP contribution is -2.28. The van der Waals surface area contributed by atoms with Crippen LogP contribution in [-0.2, 0) is 10.2 Å². The summed E-state index contributed by atoms with van der Waals surface area (Å²) in [7, 11) is 1.63. The number of anilines is 1. The average molecular weight is 268 g/mol. The fourth-order valence-corrected chi connectivity index (χ4v) is 2.47. The number of amides is 1. The highest BCUT2D eigenvalue weighted by molar-refractivity contribution is 6.01. The number of nitrogens with one attached hydrogen (secondary N) is 1. The third-order valence-corrected chi connectivity index (χ3v) is 3.73. The molecule has 20 heavy (non-hydrogen) atoms. The van der Waals surface area contributed by atoms with Gasteiger partial charge in [0.05, 0.1) is 24.4 Å². The molecule has 0 radical (unpaired) electrons. The zero-order valence-electron chi connectivity index (χ0n) is 11.3. The lowest BCUT2D eigenvalue weighted by molar-refractivity contribution is -0.118. The quantitative estimate of drug-likeness (QED) is 0.927. The summed E-state index contributed by atoms with van der Waals surface area (Å²) in [5.74, 6) is 0.779. The molecule has 4 heteroatoms. The van der Waals surface area contributed by atoms with Crippen LogP contribution in [0.15, 0.2) is 48.8 Å². The van der Waals surface area contributed by atoms with E-state index in [-0.39, 0.29) is 5.91 Å². The molecule has 4 nitrogen and oxygen atoms in total. The van der Waals surface area contributed by atoms with E-state index >= 15 is 0 Å². The highest BCUT2D eigenvalue weighted by Gasteiger charge is 2.52. The number of carbonyl (C=O) groups excluding carboxylic acids is 1. The van der Waals surface area contributed by atoms with Crippen LogP contribution in [0.2, 0.25) is 0 Å². The molecular weight excluding hydrogens is 252 g/mol. The fraction of sp³-hybridized carbons (Fsp3) is 0.250. The van der Waals surface area contributed by atoms with Crippen molar-refractivity contribution in [1.82, 2.24) is 4.98 Å². The molecule has 1 fully saturated rings. The van der Waals surface area contributed by atoms with Crippen LogP contribution in [0.4, 0.5) is 5.69 Å². The van der Waals surface area contributed by atoms with Crippen molar-refractivity contribution in [3.8, 4) is 5.75 Å². The van der Waals surface area contributed by atoms with Crippen molar-refractivity contribution in [3.63, 3.8) is 0 Å². The Hall–Kier alpha value is -2.36. The first kappa shape index (κ1) is 12.7. The fourth-order valence-electron chi connectivity index (χ4n) is 2.47. The molecule has 1 heterocycles. The Balaban J connectivity index is 1.87. The van der Waals surface area contributed by atoms with E-state index < -0.39 is 5.41 Å². The molecule has 3 rings (SSSR count). The second-order valence-corrected chi connectivity index (χ2v) is 4.98. The van der Waals surface area contributed by atoms with Gasteiger partial charge >= 0.3 is 0 Å². The summed E-state index contributed by atoms with van der Waals surface area (Å²) in [6, 6.07) is 11.4. The maximum Gasteiger partial charge on any atom is 0.235 e. The number of ether oxygens (including phenoxy) is 1. The molecule has 0 bridgehead atoms. The van der Waals surface area contributed by atoms with E-state index in [9.17, 15) is 4.79 Å². The van der Waals surface area contributed by atoms with Gasteiger partial charge in [0.25, 0.3) is 0 Å². The van der Waals surface area contributed by atoms with Crippen LogP contribution in [0.5, 0.6) is 5.75 Å². The molecule has 0 aliphatic heterocycles. The largest absolute Gasteiger partial charge is 0.496 e. The first-order chi connectivity index (χ1) is 9.76. The molecular formula is C16H16N2O2. The number of aromatic nitrogens is 1. The van der Waals surface area contributed by atoms with E-state index in [2.05, 4.69) is 10.3 Å². The van der Waals surface area contributed by atoms with Crippen molar-refractivity contribution in [2.24, 2.45) is 0 Å².